The Morgan fingerprint density at radius 2 is 2.29 bits per heavy atom. The van der Waals surface area contributed by atoms with Crippen LogP contribution in [0.5, 0.6) is 0 Å². The first-order chi connectivity index (χ1) is 10.0. The van der Waals surface area contributed by atoms with Gasteiger partial charge in [0.2, 0.25) is 0 Å². The lowest BCUT2D eigenvalue weighted by Crippen LogP contribution is -2.13. The summed E-state index contributed by atoms with van der Waals surface area (Å²) in [4.78, 5) is 13.1. The Morgan fingerprint density at radius 1 is 1.52 bits per heavy atom. The van der Waals surface area contributed by atoms with Crippen LogP contribution in [0.4, 0.5) is 0 Å². The van der Waals surface area contributed by atoms with Crippen molar-refractivity contribution in [3.05, 3.63) is 32.2 Å². The summed E-state index contributed by atoms with van der Waals surface area (Å²) in [7, 11) is 0. The Balaban J connectivity index is 2.32. The number of ether oxygens (including phenoxy) is 1. The number of halogens is 1. The number of thiophene rings is 1. The molecule has 5 nitrogen and oxygen atoms in total. The highest BCUT2D eigenvalue weighted by Crippen LogP contribution is 2.24. The van der Waals surface area contributed by atoms with Gasteiger partial charge in [0.15, 0.2) is 5.69 Å². The highest BCUT2D eigenvalue weighted by Gasteiger charge is 2.22. The zero-order valence-electron chi connectivity index (χ0n) is 12.3. The summed E-state index contributed by atoms with van der Waals surface area (Å²) in [5.74, 6) is 0.00634. The van der Waals surface area contributed by atoms with Gasteiger partial charge in [-0.25, -0.2) is 9.48 Å². The van der Waals surface area contributed by atoms with Crippen LogP contribution in [0.25, 0.3) is 0 Å². The molecule has 0 radical (unpaired) electrons. The Bertz CT molecular complexity index is 622. The van der Waals surface area contributed by atoms with Crippen molar-refractivity contribution in [1.29, 1.82) is 0 Å². The number of nitrogens with zero attached hydrogens (tertiary/aromatic N) is 3. The van der Waals surface area contributed by atoms with Crippen molar-refractivity contribution in [3.8, 4) is 0 Å². The molecule has 0 bridgehead atoms. The molecular weight excluding hydrogens is 354 g/mol. The van der Waals surface area contributed by atoms with Crippen molar-refractivity contribution < 1.29 is 9.53 Å². The zero-order chi connectivity index (χ0) is 15.4. The number of rotatable bonds is 6. The molecule has 0 unspecified atom stereocenters. The van der Waals surface area contributed by atoms with Crippen LogP contribution in [-0.4, -0.2) is 27.6 Å². The average molecular weight is 372 g/mol. The van der Waals surface area contributed by atoms with Crippen LogP contribution < -0.4 is 0 Å². The van der Waals surface area contributed by atoms with E-state index in [0.29, 0.717) is 24.8 Å². The molecule has 0 aromatic carbocycles. The topological polar surface area (TPSA) is 57.0 Å². The number of aromatic nitrogens is 3. The fourth-order valence-corrected chi connectivity index (χ4v) is 3.44. The summed E-state index contributed by atoms with van der Waals surface area (Å²) < 4.78 is 7.91. The number of hydrogen-bond acceptors (Lipinski definition) is 5. The fraction of sp³-hybridized carbons (Fsp3) is 0.500. The summed E-state index contributed by atoms with van der Waals surface area (Å²) in [5.41, 5.74) is 1.17. The first kappa shape index (κ1) is 16.2. The summed E-state index contributed by atoms with van der Waals surface area (Å²) in [6.45, 7) is 6.93. The number of carbonyl (C=O) groups is 1. The standard InChI is InChI=1S/C14H18BrN3O2S/c1-4-20-14(19)13-11(7-9(2)3)18(17-16-13)8-12-10(15)5-6-21-12/h5-6,9H,4,7-8H2,1-3H3. The van der Waals surface area contributed by atoms with E-state index in [1.807, 2.05) is 11.4 Å². The van der Waals surface area contributed by atoms with Gasteiger partial charge in [-0.15, -0.1) is 16.4 Å². The van der Waals surface area contributed by atoms with E-state index in [1.54, 1.807) is 22.9 Å². The molecule has 0 saturated carbocycles. The molecule has 0 aliphatic rings. The Labute approximate surface area is 136 Å². The monoisotopic (exact) mass is 371 g/mol. The molecule has 114 valence electrons. The van der Waals surface area contributed by atoms with Crippen molar-refractivity contribution >= 4 is 33.2 Å². The van der Waals surface area contributed by atoms with E-state index in [4.69, 9.17) is 4.74 Å². The third kappa shape index (κ3) is 3.91. The second kappa shape index (κ2) is 7.17. The minimum atomic E-state index is -0.398. The van der Waals surface area contributed by atoms with Gasteiger partial charge in [-0.2, -0.15) is 0 Å². The fourth-order valence-electron chi connectivity index (χ4n) is 1.98. The van der Waals surface area contributed by atoms with Crippen LogP contribution in [0.2, 0.25) is 0 Å². The van der Waals surface area contributed by atoms with E-state index in [-0.39, 0.29) is 0 Å². The van der Waals surface area contributed by atoms with E-state index in [2.05, 4.69) is 40.1 Å². The van der Waals surface area contributed by atoms with Gasteiger partial charge in [-0.3, -0.25) is 0 Å². The molecule has 0 N–H and O–H groups in total. The lowest BCUT2D eigenvalue weighted by molar-refractivity contribution is 0.0518. The van der Waals surface area contributed by atoms with Gasteiger partial charge < -0.3 is 4.74 Å². The van der Waals surface area contributed by atoms with Gasteiger partial charge in [0.25, 0.3) is 0 Å². The van der Waals surface area contributed by atoms with Crippen LogP contribution in [0.15, 0.2) is 15.9 Å². The Hall–Kier alpha value is -1.21. The molecule has 2 aromatic rings. The molecule has 0 spiro atoms. The van der Waals surface area contributed by atoms with Crippen molar-refractivity contribution in [3.63, 3.8) is 0 Å². The molecule has 0 saturated heterocycles. The Kier molecular flexibility index (Phi) is 5.52. The first-order valence-electron chi connectivity index (χ1n) is 6.84. The van der Waals surface area contributed by atoms with Crippen LogP contribution >= 0.6 is 27.3 Å². The maximum absolute atomic E-state index is 12.0. The molecule has 0 fully saturated rings. The maximum Gasteiger partial charge on any atom is 0.360 e. The normalized spacial score (nSPS) is 11.1. The third-order valence-corrected chi connectivity index (χ3v) is 4.80. The molecule has 2 heterocycles. The van der Waals surface area contributed by atoms with Crippen LogP contribution in [0, 0.1) is 5.92 Å². The molecular formula is C14H18BrN3O2S. The predicted octanol–water partition coefficient (Wildman–Crippen LogP) is 3.53. The van der Waals surface area contributed by atoms with Crippen molar-refractivity contribution in [2.75, 3.05) is 6.61 Å². The molecule has 21 heavy (non-hydrogen) atoms. The van der Waals surface area contributed by atoms with E-state index in [1.165, 1.54) is 0 Å². The summed E-state index contributed by atoms with van der Waals surface area (Å²) in [5, 5.41) is 10.2. The highest BCUT2D eigenvalue weighted by molar-refractivity contribution is 9.10. The van der Waals surface area contributed by atoms with Crippen LogP contribution in [-0.2, 0) is 17.7 Å². The number of hydrogen-bond donors (Lipinski definition) is 0. The second-order valence-corrected chi connectivity index (χ2v) is 6.91. The molecule has 2 rings (SSSR count). The second-order valence-electron chi connectivity index (χ2n) is 5.05. The third-order valence-electron chi connectivity index (χ3n) is 2.89. The first-order valence-corrected chi connectivity index (χ1v) is 8.51. The van der Waals surface area contributed by atoms with E-state index in [0.717, 1.165) is 21.5 Å². The van der Waals surface area contributed by atoms with Gasteiger partial charge in [0, 0.05) is 9.35 Å². The van der Waals surface area contributed by atoms with Crippen LogP contribution in [0.3, 0.4) is 0 Å². The molecule has 2 aromatic heterocycles. The van der Waals surface area contributed by atoms with Gasteiger partial charge in [0.05, 0.1) is 18.8 Å². The lowest BCUT2D eigenvalue weighted by Gasteiger charge is -2.09. The summed E-state index contributed by atoms with van der Waals surface area (Å²) in [6.07, 6.45) is 0.740. The van der Waals surface area contributed by atoms with E-state index < -0.39 is 5.97 Å². The SMILES string of the molecule is CCOC(=O)c1nnn(Cc2sccc2Br)c1CC(C)C. The smallest absolute Gasteiger partial charge is 0.360 e. The molecule has 0 atom stereocenters. The van der Waals surface area contributed by atoms with Crippen molar-refractivity contribution in [2.45, 2.75) is 33.7 Å². The van der Waals surface area contributed by atoms with Crippen LogP contribution in [0.1, 0.15) is 41.8 Å². The van der Waals surface area contributed by atoms with Gasteiger partial charge in [-0.1, -0.05) is 19.1 Å². The molecule has 0 amide bonds. The Morgan fingerprint density at radius 3 is 2.86 bits per heavy atom. The summed E-state index contributed by atoms with van der Waals surface area (Å²) >= 11 is 5.17. The molecule has 7 heteroatoms. The van der Waals surface area contributed by atoms with E-state index in [9.17, 15) is 4.79 Å². The van der Waals surface area contributed by atoms with Crippen molar-refractivity contribution in [2.24, 2.45) is 5.92 Å². The quantitative estimate of drug-likeness (QED) is 0.728. The summed E-state index contributed by atoms with van der Waals surface area (Å²) in [6, 6.07) is 2.01. The maximum atomic E-state index is 12.0. The number of esters is 1. The van der Waals surface area contributed by atoms with Gasteiger partial charge in [-0.05, 0) is 46.6 Å². The lowest BCUT2D eigenvalue weighted by atomic mass is 10.1. The van der Waals surface area contributed by atoms with Gasteiger partial charge in [0.1, 0.15) is 0 Å². The minimum absolute atomic E-state index is 0.332. The van der Waals surface area contributed by atoms with Gasteiger partial charge >= 0.3 is 5.97 Å². The largest absolute Gasteiger partial charge is 0.461 e. The van der Waals surface area contributed by atoms with E-state index >= 15 is 0 Å². The zero-order valence-corrected chi connectivity index (χ0v) is 14.7. The minimum Gasteiger partial charge on any atom is -0.461 e. The predicted molar refractivity (Wildman–Crippen MR) is 85.6 cm³/mol. The highest BCUT2D eigenvalue weighted by atomic mass is 79.9. The van der Waals surface area contributed by atoms with Crippen molar-refractivity contribution in [1.82, 2.24) is 15.0 Å². The average Bonchev–Trinajstić information content (AvgIpc) is 2.98. The molecule has 0 aliphatic heterocycles. The number of carbonyl (C=O) groups excluding carboxylic acids is 1. The molecule has 0 aliphatic carbocycles.